The van der Waals surface area contributed by atoms with Crippen molar-refractivity contribution in [3.8, 4) is 0 Å². The zero-order valence-corrected chi connectivity index (χ0v) is 9.74. The number of nitrogens with two attached hydrogens (primary N) is 1. The van der Waals surface area contributed by atoms with Gasteiger partial charge in [-0.25, -0.2) is 0 Å². The molecule has 0 saturated heterocycles. The van der Waals surface area contributed by atoms with Crippen LogP contribution >= 0.6 is 11.6 Å². The molecule has 0 amide bonds. The summed E-state index contributed by atoms with van der Waals surface area (Å²) in [5.74, 6) is 0. The Morgan fingerprint density at radius 2 is 1.56 bits per heavy atom. The minimum absolute atomic E-state index is 0.785. The molecule has 2 heteroatoms. The fraction of sp³-hybridized carbons (Fsp3) is 0.143. The second-order valence-corrected chi connectivity index (χ2v) is 4.31. The van der Waals surface area contributed by atoms with Crippen LogP contribution in [0.1, 0.15) is 11.1 Å². The van der Waals surface area contributed by atoms with Gasteiger partial charge in [0.25, 0.3) is 0 Å². The van der Waals surface area contributed by atoms with Crippen molar-refractivity contribution in [2.24, 2.45) is 0 Å². The van der Waals surface area contributed by atoms with E-state index in [1.165, 1.54) is 11.1 Å². The maximum Gasteiger partial charge on any atom is 0.0406 e. The van der Waals surface area contributed by atoms with E-state index in [1.807, 2.05) is 30.3 Å². The van der Waals surface area contributed by atoms with Crippen molar-refractivity contribution in [3.05, 3.63) is 64.7 Å². The molecule has 82 valence electrons. The van der Waals surface area contributed by atoms with Gasteiger partial charge in [-0.05, 0) is 48.2 Å². The SMILES string of the molecule is Nc1cccc(CCc2ccc(Cl)cc2)c1. The molecule has 0 unspecified atom stereocenters. The lowest BCUT2D eigenvalue weighted by molar-refractivity contribution is 0.961. The zero-order chi connectivity index (χ0) is 11.4. The van der Waals surface area contributed by atoms with E-state index in [4.69, 9.17) is 17.3 Å². The molecular weight excluding hydrogens is 218 g/mol. The minimum atomic E-state index is 0.785. The smallest absolute Gasteiger partial charge is 0.0406 e. The highest BCUT2D eigenvalue weighted by Gasteiger charge is 1.96. The Hall–Kier alpha value is -1.47. The number of hydrogen-bond acceptors (Lipinski definition) is 1. The van der Waals surface area contributed by atoms with Gasteiger partial charge in [0.1, 0.15) is 0 Å². The van der Waals surface area contributed by atoms with Crippen molar-refractivity contribution in [3.63, 3.8) is 0 Å². The van der Waals surface area contributed by atoms with Gasteiger partial charge in [0, 0.05) is 10.7 Å². The molecule has 0 aliphatic rings. The van der Waals surface area contributed by atoms with Gasteiger partial charge in [-0.1, -0.05) is 35.9 Å². The highest BCUT2D eigenvalue weighted by molar-refractivity contribution is 6.30. The van der Waals surface area contributed by atoms with Crippen LogP contribution in [0.3, 0.4) is 0 Å². The Balaban J connectivity index is 1.99. The van der Waals surface area contributed by atoms with Crippen LogP contribution in [0.5, 0.6) is 0 Å². The predicted octanol–water partition coefficient (Wildman–Crippen LogP) is 3.71. The first kappa shape index (κ1) is 11.0. The van der Waals surface area contributed by atoms with Crippen LogP contribution in [0.15, 0.2) is 48.5 Å². The zero-order valence-electron chi connectivity index (χ0n) is 8.99. The molecule has 1 nitrogen and oxygen atoms in total. The second-order valence-electron chi connectivity index (χ2n) is 3.87. The van der Waals surface area contributed by atoms with E-state index in [-0.39, 0.29) is 0 Å². The first-order valence-electron chi connectivity index (χ1n) is 5.33. The third kappa shape index (κ3) is 3.01. The monoisotopic (exact) mass is 231 g/mol. The van der Waals surface area contributed by atoms with E-state index in [0.29, 0.717) is 0 Å². The van der Waals surface area contributed by atoms with Gasteiger partial charge in [-0.3, -0.25) is 0 Å². The van der Waals surface area contributed by atoms with Crippen molar-refractivity contribution < 1.29 is 0 Å². The summed E-state index contributed by atoms with van der Waals surface area (Å²) in [5, 5.41) is 0.785. The molecule has 0 bridgehead atoms. The first-order chi connectivity index (χ1) is 7.74. The minimum Gasteiger partial charge on any atom is -0.399 e. The van der Waals surface area contributed by atoms with Gasteiger partial charge >= 0.3 is 0 Å². The number of benzene rings is 2. The third-order valence-corrected chi connectivity index (χ3v) is 2.82. The van der Waals surface area contributed by atoms with Gasteiger partial charge in [0.15, 0.2) is 0 Å². The Bertz CT molecular complexity index is 462. The number of anilines is 1. The standard InChI is InChI=1S/C14H14ClN/c15-13-8-6-11(7-9-13)4-5-12-2-1-3-14(16)10-12/h1-3,6-10H,4-5,16H2. The van der Waals surface area contributed by atoms with Crippen LogP contribution in [0.2, 0.25) is 5.02 Å². The lowest BCUT2D eigenvalue weighted by Gasteiger charge is -2.03. The van der Waals surface area contributed by atoms with Crippen LogP contribution in [-0.4, -0.2) is 0 Å². The molecule has 16 heavy (non-hydrogen) atoms. The van der Waals surface area contributed by atoms with Crippen LogP contribution in [-0.2, 0) is 12.8 Å². The molecule has 0 fully saturated rings. The third-order valence-electron chi connectivity index (χ3n) is 2.57. The van der Waals surface area contributed by atoms with Gasteiger partial charge in [-0.15, -0.1) is 0 Å². The van der Waals surface area contributed by atoms with E-state index in [9.17, 15) is 0 Å². The van der Waals surface area contributed by atoms with Crippen LogP contribution in [0.4, 0.5) is 5.69 Å². The van der Waals surface area contributed by atoms with Gasteiger partial charge in [0.2, 0.25) is 0 Å². The summed E-state index contributed by atoms with van der Waals surface area (Å²) >= 11 is 5.83. The number of aryl methyl sites for hydroxylation is 2. The normalized spacial score (nSPS) is 10.3. The van der Waals surface area contributed by atoms with Gasteiger partial charge in [0.05, 0.1) is 0 Å². The summed E-state index contributed by atoms with van der Waals surface area (Å²) in [7, 11) is 0. The molecule has 0 atom stereocenters. The van der Waals surface area contributed by atoms with Crippen molar-refractivity contribution in [2.75, 3.05) is 5.73 Å². The van der Waals surface area contributed by atoms with Gasteiger partial charge < -0.3 is 5.73 Å². The van der Waals surface area contributed by atoms with Crippen molar-refractivity contribution in [1.29, 1.82) is 0 Å². The molecule has 0 radical (unpaired) electrons. The number of rotatable bonds is 3. The first-order valence-corrected chi connectivity index (χ1v) is 5.71. The number of nitrogen functional groups attached to an aromatic ring is 1. The average molecular weight is 232 g/mol. The molecule has 0 aliphatic heterocycles. The van der Waals surface area contributed by atoms with Crippen LogP contribution in [0.25, 0.3) is 0 Å². The second kappa shape index (κ2) is 5.04. The number of hydrogen-bond donors (Lipinski definition) is 1. The molecule has 0 aromatic heterocycles. The fourth-order valence-electron chi connectivity index (χ4n) is 1.69. The van der Waals surface area contributed by atoms with Crippen LogP contribution in [0, 0.1) is 0 Å². The summed E-state index contributed by atoms with van der Waals surface area (Å²) < 4.78 is 0. The molecule has 0 saturated carbocycles. The Morgan fingerprint density at radius 3 is 2.25 bits per heavy atom. The highest BCUT2D eigenvalue weighted by atomic mass is 35.5. The van der Waals surface area contributed by atoms with E-state index in [0.717, 1.165) is 23.6 Å². The number of halogens is 1. The lowest BCUT2D eigenvalue weighted by Crippen LogP contribution is -1.92. The molecule has 0 aliphatic carbocycles. The summed E-state index contributed by atoms with van der Waals surface area (Å²) in [6.07, 6.45) is 2.02. The molecule has 2 aromatic carbocycles. The molecule has 2 N–H and O–H groups in total. The maximum atomic E-state index is 5.83. The molecule has 2 rings (SSSR count). The largest absolute Gasteiger partial charge is 0.399 e. The quantitative estimate of drug-likeness (QED) is 0.801. The predicted molar refractivity (Wildman–Crippen MR) is 69.7 cm³/mol. The average Bonchev–Trinajstić information content (AvgIpc) is 2.28. The molecule has 2 aromatic rings. The molecular formula is C14H14ClN. The van der Waals surface area contributed by atoms with Crippen molar-refractivity contribution in [2.45, 2.75) is 12.8 Å². The Labute approximate surface area is 101 Å². The summed E-state index contributed by atoms with van der Waals surface area (Å²) in [5.41, 5.74) is 9.13. The van der Waals surface area contributed by atoms with E-state index >= 15 is 0 Å². The Morgan fingerprint density at radius 1 is 0.875 bits per heavy atom. The van der Waals surface area contributed by atoms with Gasteiger partial charge in [-0.2, -0.15) is 0 Å². The summed E-state index contributed by atoms with van der Waals surface area (Å²) in [6.45, 7) is 0. The molecule has 0 spiro atoms. The fourth-order valence-corrected chi connectivity index (χ4v) is 1.81. The van der Waals surface area contributed by atoms with Crippen molar-refractivity contribution in [1.82, 2.24) is 0 Å². The highest BCUT2D eigenvalue weighted by Crippen LogP contribution is 2.13. The van der Waals surface area contributed by atoms with Crippen LogP contribution < -0.4 is 5.73 Å². The topological polar surface area (TPSA) is 26.0 Å². The van der Waals surface area contributed by atoms with E-state index in [2.05, 4.69) is 18.2 Å². The Kier molecular flexibility index (Phi) is 3.47. The lowest BCUT2D eigenvalue weighted by atomic mass is 10.0. The summed E-state index contributed by atoms with van der Waals surface area (Å²) in [4.78, 5) is 0. The van der Waals surface area contributed by atoms with E-state index in [1.54, 1.807) is 0 Å². The summed E-state index contributed by atoms with van der Waals surface area (Å²) in [6, 6.07) is 16.0. The molecule has 0 heterocycles. The van der Waals surface area contributed by atoms with E-state index < -0.39 is 0 Å². The maximum absolute atomic E-state index is 5.83. The van der Waals surface area contributed by atoms with Crippen molar-refractivity contribution >= 4 is 17.3 Å².